The van der Waals surface area contributed by atoms with Crippen LogP contribution < -0.4 is 10.1 Å². The van der Waals surface area contributed by atoms with Crippen molar-refractivity contribution in [3.8, 4) is 5.75 Å². The molecular formula is C22H27N3O4. The molecule has 1 saturated carbocycles. The van der Waals surface area contributed by atoms with Gasteiger partial charge in [-0.2, -0.15) is 5.10 Å². The number of carbonyl (C=O) groups is 1. The zero-order valence-electron chi connectivity index (χ0n) is 16.7. The first kappa shape index (κ1) is 19.7. The number of aromatic nitrogens is 2. The van der Waals surface area contributed by atoms with E-state index in [1.807, 2.05) is 19.9 Å². The molecule has 7 heteroatoms. The zero-order valence-corrected chi connectivity index (χ0v) is 16.7. The Hall–Kier alpha value is -2.64. The number of aromatic carboxylic acids is 1. The van der Waals surface area contributed by atoms with Crippen molar-refractivity contribution in [2.45, 2.75) is 57.5 Å². The number of hydrogen-bond acceptors (Lipinski definition) is 5. The lowest BCUT2D eigenvalue weighted by molar-refractivity contribution is 0.0696. The third kappa shape index (κ3) is 4.52. The van der Waals surface area contributed by atoms with E-state index < -0.39 is 12.1 Å². The molecule has 0 amide bonds. The summed E-state index contributed by atoms with van der Waals surface area (Å²) in [6.07, 6.45) is 8.14. The van der Waals surface area contributed by atoms with Crippen LogP contribution in [0.15, 0.2) is 36.7 Å². The second-order valence-electron chi connectivity index (χ2n) is 8.56. The van der Waals surface area contributed by atoms with Gasteiger partial charge in [-0.3, -0.25) is 4.68 Å². The molecule has 1 aromatic heterocycles. The van der Waals surface area contributed by atoms with Gasteiger partial charge in [0.25, 0.3) is 0 Å². The standard InChI is InChI=1S/C22H27N3O4/c1-22(2)6-5-16-7-14(3-4-20(16)29-22)10-23-18-8-15(9-19(18)26)12-25-13-17(11-24-25)21(27)28/h3-7,11,13,15,18-19,23,26H,8-10,12H2,1-2H3,(H,27,28)/t15?,18-,19-/m1/s1. The highest BCUT2D eigenvalue weighted by atomic mass is 16.5. The smallest absolute Gasteiger partial charge is 0.338 e. The van der Waals surface area contributed by atoms with Crippen LogP contribution in [0.1, 0.15) is 48.2 Å². The van der Waals surface area contributed by atoms with E-state index in [9.17, 15) is 9.90 Å². The Balaban J connectivity index is 1.33. The molecule has 0 bridgehead atoms. The van der Waals surface area contributed by atoms with Gasteiger partial charge in [0.15, 0.2) is 0 Å². The largest absolute Gasteiger partial charge is 0.483 e. The monoisotopic (exact) mass is 397 g/mol. The molecule has 3 N–H and O–H groups in total. The van der Waals surface area contributed by atoms with Crippen LogP contribution in [-0.4, -0.2) is 43.7 Å². The minimum Gasteiger partial charge on any atom is -0.483 e. The van der Waals surface area contributed by atoms with Crippen LogP contribution >= 0.6 is 0 Å². The van der Waals surface area contributed by atoms with Gasteiger partial charge in [-0.1, -0.05) is 12.1 Å². The van der Waals surface area contributed by atoms with Crippen LogP contribution in [0.5, 0.6) is 5.75 Å². The molecule has 4 rings (SSSR count). The van der Waals surface area contributed by atoms with Crippen molar-refractivity contribution < 1.29 is 19.7 Å². The molecule has 154 valence electrons. The lowest BCUT2D eigenvalue weighted by atomic mass is 10.0. The minimum absolute atomic E-state index is 0.0104. The third-order valence-electron chi connectivity index (χ3n) is 5.63. The number of ether oxygens (including phenoxy) is 1. The normalized spacial score (nSPS) is 24.9. The molecule has 1 unspecified atom stereocenters. The first-order valence-electron chi connectivity index (χ1n) is 9.97. The number of rotatable bonds is 6. The van der Waals surface area contributed by atoms with Gasteiger partial charge >= 0.3 is 5.97 Å². The fourth-order valence-electron chi connectivity index (χ4n) is 4.11. The van der Waals surface area contributed by atoms with E-state index in [4.69, 9.17) is 9.84 Å². The Morgan fingerprint density at radius 2 is 2.21 bits per heavy atom. The fourth-order valence-corrected chi connectivity index (χ4v) is 4.11. The Labute approximate surface area is 170 Å². The third-order valence-corrected chi connectivity index (χ3v) is 5.63. The number of aliphatic hydroxyl groups excluding tert-OH is 1. The maximum absolute atomic E-state index is 11.0. The molecule has 1 aliphatic heterocycles. The number of benzene rings is 1. The number of nitrogens with zero attached hydrogens (tertiary/aromatic N) is 2. The summed E-state index contributed by atoms with van der Waals surface area (Å²) < 4.78 is 7.62. The van der Waals surface area contributed by atoms with Crippen LogP contribution in [-0.2, 0) is 13.1 Å². The van der Waals surface area contributed by atoms with E-state index >= 15 is 0 Å². The molecule has 29 heavy (non-hydrogen) atoms. The summed E-state index contributed by atoms with van der Waals surface area (Å²) in [6, 6.07) is 6.18. The average Bonchev–Trinajstić information content (AvgIpc) is 3.26. The quantitative estimate of drug-likeness (QED) is 0.694. The number of carboxylic acid groups (broad SMARTS) is 1. The van der Waals surface area contributed by atoms with Gasteiger partial charge in [0, 0.05) is 30.9 Å². The topological polar surface area (TPSA) is 96.6 Å². The number of fused-ring (bicyclic) bond motifs is 1. The predicted octanol–water partition coefficient (Wildman–Crippen LogP) is 2.69. The van der Waals surface area contributed by atoms with Crippen molar-refractivity contribution in [3.63, 3.8) is 0 Å². The van der Waals surface area contributed by atoms with E-state index in [0.29, 0.717) is 19.5 Å². The summed E-state index contributed by atoms with van der Waals surface area (Å²) in [7, 11) is 0. The summed E-state index contributed by atoms with van der Waals surface area (Å²) in [5.74, 6) is 0.171. The van der Waals surface area contributed by atoms with Crippen LogP contribution in [0.25, 0.3) is 6.08 Å². The predicted molar refractivity (Wildman–Crippen MR) is 109 cm³/mol. The van der Waals surface area contributed by atoms with Gasteiger partial charge in [0.2, 0.25) is 0 Å². The van der Waals surface area contributed by atoms with Crippen molar-refractivity contribution in [2.75, 3.05) is 0 Å². The number of hydrogen-bond donors (Lipinski definition) is 3. The molecule has 1 fully saturated rings. The Morgan fingerprint density at radius 1 is 1.38 bits per heavy atom. The van der Waals surface area contributed by atoms with Crippen LogP contribution in [0.4, 0.5) is 0 Å². The molecular weight excluding hydrogens is 370 g/mol. The van der Waals surface area contributed by atoms with E-state index in [-0.39, 0.29) is 23.1 Å². The minimum atomic E-state index is -0.976. The van der Waals surface area contributed by atoms with Crippen molar-refractivity contribution in [1.82, 2.24) is 15.1 Å². The second kappa shape index (κ2) is 7.65. The summed E-state index contributed by atoms with van der Waals surface area (Å²) >= 11 is 0. The van der Waals surface area contributed by atoms with Crippen LogP contribution in [0.2, 0.25) is 0 Å². The Morgan fingerprint density at radius 3 is 2.97 bits per heavy atom. The molecule has 2 heterocycles. The Kier molecular flexibility index (Phi) is 5.19. The molecule has 0 radical (unpaired) electrons. The van der Waals surface area contributed by atoms with Crippen molar-refractivity contribution in [3.05, 3.63) is 53.4 Å². The maximum atomic E-state index is 11.0. The molecule has 2 aromatic rings. The maximum Gasteiger partial charge on any atom is 0.338 e. The lowest BCUT2D eigenvalue weighted by Gasteiger charge is -2.28. The molecule has 0 spiro atoms. The Bertz CT molecular complexity index is 934. The molecule has 7 nitrogen and oxygen atoms in total. The van der Waals surface area contributed by atoms with Crippen molar-refractivity contribution in [1.29, 1.82) is 0 Å². The summed E-state index contributed by atoms with van der Waals surface area (Å²) in [5.41, 5.74) is 2.12. The molecule has 3 atom stereocenters. The van der Waals surface area contributed by atoms with Gasteiger partial charge in [0.05, 0.1) is 17.9 Å². The average molecular weight is 397 g/mol. The van der Waals surface area contributed by atoms with Crippen LogP contribution in [0, 0.1) is 5.92 Å². The highest BCUT2D eigenvalue weighted by molar-refractivity contribution is 5.86. The lowest BCUT2D eigenvalue weighted by Crippen LogP contribution is -2.35. The molecule has 0 saturated heterocycles. The number of aliphatic hydroxyl groups is 1. The van der Waals surface area contributed by atoms with Gasteiger partial charge in [-0.25, -0.2) is 4.79 Å². The second-order valence-corrected chi connectivity index (χ2v) is 8.56. The summed E-state index contributed by atoms with van der Waals surface area (Å²) in [6.45, 7) is 5.35. The van der Waals surface area contributed by atoms with Crippen molar-refractivity contribution >= 4 is 12.0 Å². The van der Waals surface area contributed by atoms with E-state index in [1.54, 1.807) is 10.9 Å². The fraction of sp³-hybridized carbons (Fsp3) is 0.455. The first-order valence-corrected chi connectivity index (χ1v) is 9.97. The first-order chi connectivity index (χ1) is 13.8. The van der Waals surface area contributed by atoms with Gasteiger partial charge in [0.1, 0.15) is 11.4 Å². The van der Waals surface area contributed by atoms with E-state index in [2.05, 4.69) is 34.7 Å². The van der Waals surface area contributed by atoms with E-state index in [0.717, 1.165) is 23.3 Å². The number of carboxylic acids is 1. The van der Waals surface area contributed by atoms with Gasteiger partial charge in [-0.05, 0) is 56.4 Å². The van der Waals surface area contributed by atoms with E-state index in [1.165, 1.54) is 6.20 Å². The number of nitrogens with one attached hydrogen (secondary N) is 1. The SMILES string of the molecule is CC1(C)C=Cc2cc(CN[C@@H]3CC(Cn4cc(C(=O)O)cn4)C[C@H]3O)ccc2O1. The van der Waals surface area contributed by atoms with Crippen molar-refractivity contribution in [2.24, 2.45) is 5.92 Å². The zero-order chi connectivity index (χ0) is 20.6. The highest BCUT2D eigenvalue weighted by Gasteiger charge is 2.33. The van der Waals surface area contributed by atoms with Crippen LogP contribution in [0.3, 0.4) is 0 Å². The van der Waals surface area contributed by atoms with Gasteiger partial charge in [-0.15, -0.1) is 0 Å². The molecule has 1 aromatic carbocycles. The molecule has 1 aliphatic carbocycles. The van der Waals surface area contributed by atoms with Gasteiger partial charge < -0.3 is 20.3 Å². The highest BCUT2D eigenvalue weighted by Crippen LogP contribution is 2.32. The summed E-state index contributed by atoms with van der Waals surface area (Å²) in [5, 5.41) is 27.0. The summed E-state index contributed by atoms with van der Waals surface area (Å²) in [4.78, 5) is 11.0. The molecule has 2 aliphatic rings.